The highest BCUT2D eigenvalue weighted by Gasteiger charge is 2.18. The van der Waals surface area contributed by atoms with Gasteiger partial charge in [-0.2, -0.15) is 0 Å². The normalized spacial score (nSPS) is 11.5. The first-order valence-electron chi connectivity index (χ1n) is 23.5. The highest BCUT2D eigenvalue weighted by atomic mass is 14.2. The zero-order valence-corrected chi connectivity index (χ0v) is 41.2. The summed E-state index contributed by atoms with van der Waals surface area (Å²) < 4.78 is 0. The molecular formula is C66H64. The van der Waals surface area contributed by atoms with Crippen molar-refractivity contribution < 1.29 is 0 Å². The van der Waals surface area contributed by atoms with Gasteiger partial charge in [0.15, 0.2) is 0 Å². The summed E-state index contributed by atoms with van der Waals surface area (Å²) >= 11 is 0. The molecule has 0 radical (unpaired) electrons. The summed E-state index contributed by atoms with van der Waals surface area (Å²) in [5, 5.41) is 2.48. The molecule has 0 saturated heterocycles. The smallest absolute Gasteiger partial charge is 0.00389 e. The molecule has 0 nitrogen and oxygen atoms in total. The number of hydrogen-bond acceptors (Lipinski definition) is 0. The maximum atomic E-state index is 2.38. The largest absolute Gasteiger partial charge is 0.0610 e. The van der Waals surface area contributed by atoms with Crippen LogP contribution in [0.3, 0.4) is 0 Å². The molecule has 8 aromatic carbocycles. The van der Waals surface area contributed by atoms with Gasteiger partial charge in [-0.1, -0.05) is 180 Å². The monoisotopic (exact) mass is 857 g/mol. The van der Waals surface area contributed by atoms with Gasteiger partial charge >= 0.3 is 0 Å². The van der Waals surface area contributed by atoms with Crippen LogP contribution in [0.2, 0.25) is 0 Å². The van der Waals surface area contributed by atoms with Gasteiger partial charge in [-0.15, -0.1) is 0 Å². The molecule has 0 unspecified atom stereocenters. The second kappa shape index (κ2) is 19.2. The Labute approximate surface area is 395 Å². The van der Waals surface area contributed by atoms with Crippen LogP contribution in [0.4, 0.5) is 0 Å². The second-order valence-corrected chi connectivity index (χ2v) is 19.0. The molecule has 0 aliphatic heterocycles. The minimum atomic E-state index is 1.17. The number of benzene rings is 8. The fraction of sp³-hybridized carbons (Fsp3) is 0.182. The van der Waals surface area contributed by atoms with E-state index in [-0.39, 0.29) is 0 Å². The van der Waals surface area contributed by atoms with E-state index in [1.807, 2.05) is 0 Å². The average Bonchev–Trinajstić information content (AvgIpc) is 3.24. The molecule has 0 heterocycles. The molecule has 8 aromatic rings. The summed E-state index contributed by atoms with van der Waals surface area (Å²) in [5.74, 6) is 0. The van der Waals surface area contributed by atoms with Gasteiger partial charge in [-0.05, 0) is 217 Å². The predicted molar refractivity (Wildman–Crippen MR) is 291 cm³/mol. The molecule has 0 heteroatoms. The predicted octanol–water partition coefficient (Wildman–Crippen LogP) is 18.1. The average molecular weight is 857 g/mol. The fourth-order valence-corrected chi connectivity index (χ4v) is 10.7. The Hall–Kier alpha value is -7.02. The molecule has 0 saturated carbocycles. The molecule has 0 aliphatic carbocycles. The van der Waals surface area contributed by atoms with Crippen molar-refractivity contribution >= 4 is 58.4 Å². The Bertz CT molecular complexity index is 2830. The third kappa shape index (κ3) is 9.80. The van der Waals surface area contributed by atoms with E-state index in [0.717, 1.165) is 0 Å². The second-order valence-electron chi connectivity index (χ2n) is 19.0. The van der Waals surface area contributed by atoms with Crippen LogP contribution < -0.4 is 0 Å². The molecule has 66 heavy (non-hydrogen) atoms. The van der Waals surface area contributed by atoms with Crippen LogP contribution >= 0.6 is 0 Å². The molecule has 0 N–H and O–H groups in total. The standard InChI is InChI=1S/C66H64/c1-41-31-45(5)62(46(6)32-41)60(63-47(7)33-42(2)34-48(63)8)39-55-23-19-53(20-24-55)27-29-58-17-13-15-57-16-14-18-59(66(57)58)30-28-54-21-25-56(26-22-54)40-61(64-49(9)35-43(3)36-50(64)10)65-51(11)37-44(4)38-52(65)12/h13-40H,1-12H3. The first-order valence-corrected chi connectivity index (χ1v) is 23.5. The Morgan fingerprint density at radius 3 is 0.818 bits per heavy atom. The highest BCUT2D eigenvalue weighted by molar-refractivity contribution is 6.01. The highest BCUT2D eigenvalue weighted by Crippen LogP contribution is 2.38. The van der Waals surface area contributed by atoms with E-state index in [2.05, 4.69) is 253 Å². The summed E-state index contributed by atoms with van der Waals surface area (Å²) in [5.41, 5.74) is 30.7. The lowest BCUT2D eigenvalue weighted by Crippen LogP contribution is -2.01. The number of aryl methyl sites for hydroxylation is 12. The molecule has 328 valence electrons. The molecule has 0 aromatic heterocycles. The first kappa shape index (κ1) is 45.5. The zero-order chi connectivity index (χ0) is 46.8. The van der Waals surface area contributed by atoms with Gasteiger partial charge in [0, 0.05) is 0 Å². The Kier molecular flexibility index (Phi) is 13.3. The molecule has 0 fully saturated rings. The molecule has 0 amide bonds. The lowest BCUT2D eigenvalue weighted by molar-refractivity contribution is 1.25. The minimum absolute atomic E-state index is 1.17. The van der Waals surface area contributed by atoms with Crippen LogP contribution in [0.15, 0.2) is 133 Å². The molecule has 8 rings (SSSR count). The van der Waals surface area contributed by atoms with E-state index < -0.39 is 0 Å². The van der Waals surface area contributed by atoms with Crippen molar-refractivity contribution in [3.05, 3.63) is 256 Å². The van der Waals surface area contributed by atoms with Crippen LogP contribution in [-0.2, 0) is 0 Å². The molecule has 0 aliphatic rings. The van der Waals surface area contributed by atoms with E-state index in [0.29, 0.717) is 0 Å². The van der Waals surface area contributed by atoms with E-state index >= 15 is 0 Å². The van der Waals surface area contributed by atoms with Gasteiger partial charge < -0.3 is 0 Å². The Morgan fingerprint density at radius 1 is 0.288 bits per heavy atom. The minimum Gasteiger partial charge on any atom is -0.0610 e. The summed E-state index contributed by atoms with van der Waals surface area (Å²) in [6.45, 7) is 26.7. The summed E-state index contributed by atoms with van der Waals surface area (Å²) in [6, 6.07) is 49.7. The van der Waals surface area contributed by atoms with Crippen molar-refractivity contribution in [1.82, 2.24) is 0 Å². The fourth-order valence-electron chi connectivity index (χ4n) is 10.7. The van der Waals surface area contributed by atoms with Gasteiger partial charge in [-0.3, -0.25) is 0 Å². The van der Waals surface area contributed by atoms with Crippen LogP contribution in [0, 0.1) is 83.1 Å². The topological polar surface area (TPSA) is 0 Å². The number of fused-ring (bicyclic) bond motifs is 1. The Balaban J connectivity index is 1.08. The van der Waals surface area contributed by atoms with Crippen LogP contribution in [-0.4, -0.2) is 0 Å². The van der Waals surface area contributed by atoms with Gasteiger partial charge in [0.05, 0.1) is 0 Å². The third-order valence-electron chi connectivity index (χ3n) is 13.2. The summed E-state index contributed by atoms with van der Waals surface area (Å²) in [7, 11) is 0. The Morgan fingerprint density at radius 2 is 0.545 bits per heavy atom. The maximum Gasteiger partial charge on any atom is -0.00389 e. The summed E-state index contributed by atoms with van der Waals surface area (Å²) in [4.78, 5) is 0. The molecule has 0 spiro atoms. The van der Waals surface area contributed by atoms with Gasteiger partial charge in [-0.25, -0.2) is 0 Å². The number of rotatable bonds is 10. The van der Waals surface area contributed by atoms with E-state index in [4.69, 9.17) is 0 Å². The van der Waals surface area contributed by atoms with Crippen LogP contribution in [0.5, 0.6) is 0 Å². The van der Waals surface area contributed by atoms with E-state index in [1.165, 1.54) is 144 Å². The van der Waals surface area contributed by atoms with E-state index in [9.17, 15) is 0 Å². The van der Waals surface area contributed by atoms with Crippen molar-refractivity contribution in [3.8, 4) is 0 Å². The zero-order valence-electron chi connectivity index (χ0n) is 41.2. The summed E-state index contributed by atoms with van der Waals surface area (Å²) in [6.07, 6.45) is 13.8. The van der Waals surface area contributed by atoms with Crippen molar-refractivity contribution in [3.63, 3.8) is 0 Å². The third-order valence-corrected chi connectivity index (χ3v) is 13.2. The van der Waals surface area contributed by atoms with Crippen molar-refractivity contribution in [1.29, 1.82) is 0 Å². The van der Waals surface area contributed by atoms with Crippen molar-refractivity contribution in [2.45, 2.75) is 83.1 Å². The quantitative estimate of drug-likeness (QED) is 0.120. The molecular weight excluding hydrogens is 793 g/mol. The van der Waals surface area contributed by atoms with Gasteiger partial charge in [0.1, 0.15) is 0 Å². The first-order chi connectivity index (χ1) is 31.6. The van der Waals surface area contributed by atoms with Crippen molar-refractivity contribution in [2.75, 3.05) is 0 Å². The van der Waals surface area contributed by atoms with Crippen LogP contribution in [0.25, 0.3) is 58.4 Å². The SMILES string of the molecule is Cc1cc(C)c(C(=Cc2ccc(C=Cc3cccc4cccc(C=Cc5ccc(C=C(c6c(C)cc(C)cc6C)c6c(C)cc(C)cc6C)cc5)c34)cc2)c2c(C)cc(C)cc2C)c(C)c1. The van der Waals surface area contributed by atoms with E-state index in [1.54, 1.807) is 0 Å². The molecule has 0 bridgehead atoms. The van der Waals surface area contributed by atoms with Crippen molar-refractivity contribution in [2.24, 2.45) is 0 Å². The molecule has 0 atom stereocenters. The lowest BCUT2D eigenvalue weighted by atomic mass is 9.84. The maximum absolute atomic E-state index is 2.38. The number of hydrogen-bond donors (Lipinski definition) is 0. The van der Waals surface area contributed by atoms with Gasteiger partial charge in [0.2, 0.25) is 0 Å². The lowest BCUT2D eigenvalue weighted by Gasteiger charge is -2.20. The van der Waals surface area contributed by atoms with Gasteiger partial charge in [0.25, 0.3) is 0 Å². The van der Waals surface area contributed by atoms with Crippen LogP contribution in [0.1, 0.15) is 122 Å².